The summed E-state index contributed by atoms with van der Waals surface area (Å²) in [6, 6.07) is 9.12. The zero-order chi connectivity index (χ0) is 13.9. The molecule has 2 heteroatoms. The van der Waals surface area contributed by atoms with E-state index in [1.807, 2.05) is 0 Å². The second-order valence-electron chi connectivity index (χ2n) is 6.84. The maximum Gasteiger partial charge on any atom is 0.0263 e. The van der Waals surface area contributed by atoms with Crippen LogP contribution in [0.25, 0.3) is 0 Å². The molecule has 0 spiro atoms. The van der Waals surface area contributed by atoms with Crippen LogP contribution in [-0.4, -0.2) is 23.9 Å². The van der Waals surface area contributed by atoms with Crippen LogP contribution in [0.4, 0.5) is 0 Å². The molecule has 1 aromatic rings. The number of hydrogen-bond acceptors (Lipinski definition) is 1. The minimum atomic E-state index is 0.243. The Labute approximate surface area is 123 Å². The molecule has 1 saturated heterocycles. The van der Waals surface area contributed by atoms with E-state index < -0.39 is 0 Å². The minimum absolute atomic E-state index is 0.243. The van der Waals surface area contributed by atoms with E-state index in [0.29, 0.717) is 5.92 Å². The maximum absolute atomic E-state index is 5.99. The third-order valence-corrected chi connectivity index (χ3v) is 4.48. The van der Waals surface area contributed by atoms with Crippen molar-refractivity contribution in [3.05, 3.63) is 35.4 Å². The summed E-state index contributed by atoms with van der Waals surface area (Å²) in [6.07, 6.45) is 2.58. The molecule has 0 bridgehead atoms. The van der Waals surface area contributed by atoms with Gasteiger partial charge >= 0.3 is 0 Å². The molecule has 2 rings (SSSR count). The van der Waals surface area contributed by atoms with Crippen LogP contribution in [0.1, 0.15) is 44.7 Å². The third-order valence-electron chi connectivity index (χ3n) is 4.05. The maximum atomic E-state index is 5.99. The topological polar surface area (TPSA) is 3.24 Å². The Bertz CT molecular complexity index is 391. The molecule has 0 radical (unpaired) electrons. The van der Waals surface area contributed by atoms with E-state index in [4.69, 9.17) is 11.6 Å². The summed E-state index contributed by atoms with van der Waals surface area (Å²) < 4.78 is 0. The number of halogens is 1. The average molecular weight is 280 g/mol. The Hall–Kier alpha value is -0.530. The third kappa shape index (κ3) is 4.22. The van der Waals surface area contributed by atoms with E-state index in [0.717, 1.165) is 19.0 Å². The van der Waals surface area contributed by atoms with Gasteiger partial charge in [-0.1, -0.05) is 45.0 Å². The molecule has 1 aliphatic heterocycles. The Morgan fingerprint density at radius 1 is 1.21 bits per heavy atom. The monoisotopic (exact) mass is 279 g/mol. The standard InChI is InChI=1S/C17H26ClN/c1-17(2,3)16-8-6-14(7-9-16)12-19-10-4-5-15(11-18)13-19/h6-9,15H,4-5,10-13H2,1-3H3. The SMILES string of the molecule is CC(C)(C)c1ccc(CN2CCCC(CCl)C2)cc1. The van der Waals surface area contributed by atoms with Crippen LogP contribution in [0.15, 0.2) is 24.3 Å². The molecule has 106 valence electrons. The number of nitrogens with zero attached hydrogens (tertiary/aromatic N) is 1. The molecule has 19 heavy (non-hydrogen) atoms. The van der Waals surface area contributed by atoms with Gasteiger partial charge < -0.3 is 0 Å². The first kappa shape index (κ1) is 14.9. The normalized spacial score (nSPS) is 21.6. The largest absolute Gasteiger partial charge is 0.299 e. The van der Waals surface area contributed by atoms with Crippen molar-refractivity contribution < 1.29 is 0 Å². The minimum Gasteiger partial charge on any atom is -0.299 e. The predicted octanol–water partition coefficient (Wildman–Crippen LogP) is 4.43. The molecule has 0 saturated carbocycles. The number of hydrogen-bond donors (Lipinski definition) is 0. The van der Waals surface area contributed by atoms with E-state index in [-0.39, 0.29) is 5.41 Å². The molecule has 0 aromatic heterocycles. The molecular formula is C17H26ClN. The van der Waals surface area contributed by atoms with Gasteiger partial charge in [0, 0.05) is 19.0 Å². The van der Waals surface area contributed by atoms with E-state index in [2.05, 4.69) is 49.9 Å². The van der Waals surface area contributed by atoms with Gasteiger partial charge in [0.05, 0.1) is 0 Å². The van der Waals surface area contributed by atoms with Gasteiger partial charge in [-0.15, -0.1) is 11.6 Å². The van der Waals surface area contributed by atoms with Crippen molar-refractivity contribution in [3.8, 4) is 0 Å². The van der Waals surface area contributed by atoms with Gasteiger partial charge in [-0.3, -0.25) is 4.90 Å². The summed E-state index contributed by atoms with van der Waals surface area (Å²) in [5.41, 5.74) is 3.07. The molecule has 1 aromatic carbocycles. The predicted molar refractivity (Wildman–Crippen MR) is 83.9 cm³/mol. The molecule has 0 aliphatic carbocycles. The molecular weight excluding hydrogens is 254 g/mol. The van der Waals surface area contributed by atoms with Crippen LogP contribution in [0, 0.1) is 5.92 Å². The van der Waals surface area contributed by atoms with Crippen molar-refractivity contribution in [1.29, 1.82) is 0 Å². The summed E-state index contributed by atoms with van der Waals surface area (Å²) >= 11 is 5.99. The highest BCUT2D eigenvalue weighted by Gasteiger charge is 2.19. The van der Waals surface area contributed by atoms with Crippen LogP contribution in [0.3, 0.4) is 0 Å². The average Bonchev–Trinajstić information content (AvgIpc) is 2.38. The fourth-order valence-corrected chi connectivity index (χ4v) is 3.04. The van der Waals surface area contributed by atoms with Crippen LogP contribution in [0.2, 0.25) is 0 Å². The first-order valence-electron chi connectivity index (χ1n) is 7.37. The summed E-state index contributed by atoms with van der Waals surface area (Å²) in [5.74, 6) is 1.49. The highest BCUT2D eigenvalue weighted by Crippen LogP contribution is 2.23. The zero-order valence-electron chi connectivity index (χ0n) is 12.5. The molecule has 1 fully saturated rings. The number of likely N-dealkylation sites (tertiary alicyclic amines) is 1. The lowest BCUT2D eigenvalue weighted by Crippen LogP contribution is -2.35. The summed E-state index contributed by atoms with van der Waals surface area (Å²) in [7, 11) is 0. The van der Waals surface area contributed by atoms with Crippen molar-refractivity contribution in [2.24, 2.45) is 5.92 Å². The molecule has 1 unspecified atom stereocenters. The second kappa shape index (κ2) is 6.28. The number of benzene rings is 1. The number of alkyl halides is 1. The van der Waals surface area contributed by atoms with Crippen molar-refractivity contribution in [3.63, 3.8) is 0 Å². The lowest BCUT2D eigenvalue weighted by atomic mass is 9.86. The molecule has 1 aliphatic rings. The van der Waals surface area contributed by atoms with Gasteiger partial charge in [0.15, 0.2) is 0 Å². The first-order chi connectivity index (χ1) is 8.99. The van der Waals surface area contributed by atoms with Gasteiger partial charge in [0.1, 0.15) is 0 Å². The van der Waals surface area contributed by atoms with E-state index in [1.54, 1.807) is 0 Å². The van der Waals surface area contributed by atoms with Gasteiger partial charge in [-0.2, -0.15) is 0 Å². The quantitative estimate of drug-likeness (QED) is 0.740. The lowest BCUT2D eigenvalue weighted by molar-refractivity contribution is 0.178. The van der Waals surface area contributed by atoms with Crippen molar-refractivity contribution in [2.75, 3.05) is 19.0 Å². The van der Waals surface area contributed by atoms with Crippen molar-refractivity contribution in [1.82, 2.24) is 4.90 Å². The number of rotatable bonds is 3. The van der Waals surface area contributed by atoms with Crippen molar-refractivity contribution in [2.45, 2.75) is 45.6 Å². The smallest absolute Gasteiger partial charge is 0.0263 e. The molecule has 0 N–H and O–H groups in total. The summed E-state index contributed by atoms with van der Waals surface area (Å²) in [5, 5.41) is 0. The first-order valence-corrected chi connectivity index (χ1v) is 7.90. The lowest BCUT2D eigenvalue weighted by Gasteiger charge is -2.31. The van der Waals surface area contributed by atoms with Gasteiger partial charge in [-0.25, -0.2) is 0 Å². The Balaban J connectivity index is 1.96. The highest BCUT2D eigenvalue weighted by atomic mass is 35.5. The Morgan fingerprint density at radius 2 is 1.89 bits per heavy atom. The van der Waals surface area contributed by atoms with Crippen LogP contribution in [0.5, 0.6) is 0 Å². The fourth-order valence-electron chi connectivity index (χ4n) is 2.79. The van der Waals surface area contributed by atoms with E-state index in [1.165, 1.54) is 30.5 Å². The Morgan fingerprint density at radius 3 is 2.47 bits per heavy atom. The van der Waals surface area contributed by atoms with Gasteiger partial charge in [0.25, 0.3) is 0 Å². The van der Waals surface area contributed by atoms with Crippen LogP contribution < -0.4 is 0 Å². The van der Waals surface area contributed by atoms with E-state index in [9.17, 15) is 0 Å². The number of piperidine rings is 1. The van der Waals surface area contributed by atoms with Gasteiger partial charge in [0.2, 0.25) is 0 Å². The highest BCUT2D eigenvalue weighted by molar-refractivity contribution is 6.18. The summed E-state index contributed by atoms with van der Waals surface area (Å²) in [4.78, 5) is 2.54. The molecule has 0 amide bonds. The Kier molecular flexibility index (Phi) is 4.92. The van der Waals surface area contributed by atoms with Crippen LogP contribution in [-0.2, 0) is 12.0 Å². The van der Waals surface area contributed by atoms with Crippen molar-refractivity contribution >= 4 is 11.6 Å². The zero-order valence-corrected chi connectivity index (χ0v) is 13.2. The second-order valence-corrected chi connectivity index (χ2v) is 7.15. The van der Waals surface area contributed by atoms with Crippen LogP contribution >= 0.6 is 11.6 Å². The molecule has 1 heterocycles. The van der Waals surface area contributed by atoms with Gasteiger partial charge in [-0.05, 0) is 41.8 Å². The molecule has 1 nitrogen and oxygen atoms in total. The fraction of sp³-hybridized carbons (Fsp3) is 0.647. The van der Waals surface area contributed by atoms with E-state index >= 15 is 0 Å². The summed E-state index contributed by atoms with van der Waals surface area (Å²) in [6.45, 7) is 10.2. The molecule has 1 atom stereocenters.